The van der Waals surface area contributed by atoms with Gasteiger partial charge < -0.3 is 26.3 Å². The van der Waals surface area contributed by atoms with E-state index < -0.39 is 5.54 Å². The Bertz CT molecular complexity index is 1410. The fourth-order valence-electron chi connectivity index (χ4n) is 4.63. The molecule has 1 amide bonds. The number of pyridine rings is 1. The first kappa shape index (κ1) is 22.7. The number of imidazole rings is 1. The van der Waals surface area contributed by atoms with E-state index in [9.17, 15) is 9.18 Å². The maximum Gasteiger partial charge on any atom is 0.241 e. The topological polar surface area (TPSA) is 141 Å². The van der Waals surface area contributed by atoms with Crippen molar-refractivity contribution >= 4 is 28.6 Å². The summed E-state index contributed by atoms with van der Waals surface area (Å²) in [6.07, 6.45) is 6.17. The second-order valence-corrected chi connectivity index (χ2v) is 8.77. The van der Waals surface area contributed by atoms with Gasteiger partial charge >= 0.3 is 0 Å². The van der Waals surface area contributed by atoms with Crippen LogP contribution in [0, 0.1) is 5.82 Å². The summed E-state index contributed by atoms with van der Waals surface area (Å²) in [6.45, 7) is 1.48. The lowest BCUT2D eigenvalue weighted by Crippen LogP contribution is -2.62. The molecule has 5 N–H and O–H groups in total. The highest BCUT2D eigenvalue weighted by molar-refractivity contribution is 5.87. The van der Waals surface area contributed by atoms with Crippen molar-refractivity contribution in [3.63, 3.8) is 0 Å². The van der Waals surface area contributed by atoms with Crippen LogP contribution < -0.4 is 21.7 Å². The van der Waals surface area contributed by atoms with Crippen molar-refractivity contribution in [1.29, 1.82) is 0 Å². The molecule has 0 bridgehead atoms. The molecule has 11 heteroatoms. The van der Waals surface area contributed by atoms with Crippen LogP contribution >= 0.6 is 0 Å². The highest BCUT2D eigenvalue weighted by Crippen LogP contribution is 2.31. The second kappa shape index (κ2) is 8.91. The van der Waals surface area contributed by atoms with Gasteiger partial charge in [-0.15, -0.1) is 0 Å². The summed E-state index contributed by atoms with van der Waals surface area (Å²) in [5.74, 6) is -0.225. The smallest absolute Gasteiger partial charge is 0.241 e. The number of anilines is 2. The summed E-state index contributed by atoms with van der Waals surface area (Å²) in [6, 6.07) is 8.23. The SMILES string of the molecule is CNC(=O)C1(N)CCCN(c2cnc(-c3cccc(F)c3)cc2Cn2cnc3c(N)ncnc32)C1. The van der Waals surface area contributed by atoms with Crippen LogP contribution in [0.3, 0.4) is 0 Å². The van der Waals surface area contributed by atoms with Crippen LogP contribution in [0.25, 0.3) is 22.4 Å². The molecule has 5 rings (SSSR count). The van der Waals surface area contributed by atoms with Crippen molar-refractivity contribution in [2.75, 3.05) is 30.8 Å². The minimum atomic E-state index is -1.01. The lowest BCUT2D eigenvalue weighted by atomic mass is 9.88. The van der Waals surface area contributed by atoms with Crippen LogP contribution in [0.2, 0.25) is 0 Å². The minimum absolute atomic E-state index is 0.194. The van der Waals surface area contributed by atoms with Crippen molar-refractivity contribution < 1.29 is 9.18 Å². The molecular weight excluding hydrogens is 449 g/mol. The third-order valence-electron chi connectivity index (χ3n) is 6.40. The molecule has 1 atom stereocenters. The van der Waals surface area contributed by atoms with E-state index in [4.69, 9.17) is 11.5 Å². The van der Waals surface area contributed by atoms with Crippen molar-refractivity contribution in [2.45, 2.75) is 24.9 Å². The Hall–Kier alpha value is -4.12. The Morgan fingerprint density at radius 2 is 2.09 bits per heavy atom. The van der Waals surface area contributed by atoms with Crippen LogP contribution in [-0.2, 0) is 11.3 Å². The zero-order valence-corrected chi connectivity index (χ0v) is 19.3. The highest BCUT2D eigenvalue weighted by atomic mass is 19.1. The number of benzene rings is 1. The van der Waals surface area contributed by atoms with Crippen molar-refractivity contribution in [3.05, 3.63) is 60.6 Å². The van der Waals surface area contributed by atoms with Gasteiger partial charge in [0.15, 0.2) is 11.5 Å². The van der Waals surface area contributed by atoms with E-state index in [2.05, 4.69) is 30.2 Å². The first-order valence-electron chi connectivity index (χ1n) is 11.3. The monoisotopic (exact) mass is 475 g/mol. The minimum Gasteiger partial charge on any atom is -0.382 e. The number of nitrogens with one attached hydrogen (secondary N) is 1. The number of carbonyl (C=O) groups excluding carboxylic acids is 1. The molecule has 0 spiro atoms. The molecule has 4 aromatic rings. The number of rotatable bonds is 5. The average molecular weight is 476 g/mol. The number of likely N-dealkylation sites (N-methyl/N-ethyl adjacent to an activating group) is 1. The van der Waals surface area contributed by atoms with Gasteiger partial charge in [-0.05, 0) is 36.6 Å². The van der Waals surface area contributed by atoms with E-state index in [1.807, 2.05) is 16.7 Å². The summed E-state index contributed by atoms with van der Waals surface area (Å²) >= 11 is 0. The Balaban J connectivity index is 1.58. The number of hydrogen-bond acceptors (Lipinski definition) is 8. The van der Waals surface area contributed by atoms with E-state index in [-0.39, 0.29) is 11.7 Å². The van der Waals surface area contributed by atoms with Gasteiger partial charge in [-0.1, -0.05) is 12.1 Å². The van der Waals surface area contributed by atoms with Gasteiger partial charge in [0, 0.05) is 25.7 Å². The largest absolute Gasteiger partial charge is 0.382 e. The molecule has 1 aromatic carbocycles. The number of nitrogens with zero attached hydrogens (tertiary/aromatic N) is 6. The molecule has 1 fully saturated rings. The van der Waals surface area contributed by atoms with E-state index in [1.54, 1.807) is 25.6 Å². The Morgan fingerprint density at radius 3 is 2.89 bits per heavy atom. The summed E-state index contributed by atoms with van der Waals surface area (Å²) in [5.41, 5.74) is 15.6. The third-order valence-corrected chi connectivity index (χ3v) is 6.40. The lowest BCUT2D eigenvalue weighted by molar-refractivity contribution is -0.126. The molecular formula is C24H26FN9O. The van der Waals surface area contributed by atoms with Gasteiger partial charge in [0.2, 0.25) is 5.91 Å². The van der Waals surface area contributed by atoms with Gasteiger partial charge in [-0.2, -0.15) is 0 Å². The first-order chi connectivity index (χ1) is 16.9. The second-order valence-electron chi connectivity index (χ2n) is 8.77. The normalized spacial score (nSPS) is 18.1. The third kappa shape index (κ3) is 4.26. The highest BCUT2D eigenvalue weighted by Gasteiger charge is 2.38. The van der Waals surface area contributed by atoms with Crippen LogP contribution in [0.5, 0.6) is 0 Å². The molecule has 4 heterocycles. The fraction of sp³-hybridized carbons (Fsp3) is 0.292. The quantitative estimate of drug-likeness (QED) is 0.396. The van der Waals surface area contributed by atoms with E-state index in [1.165, 1.54) is 18.5 Å². The van der Waals surface area contributed by atoms with Crippen LogP contribution in [0.15, 0.2) is 49.2 Å². The van der Waals surface area contributed by atoms with Crippen LogP contribution in [0.4, 0.5) is 15.9 Å². The molecule has 1 aliphatic heterocycles. The maximum absolute atomic E-state index is 13.9. The molecule has 0 saturated carbocycles. The van der Waals surface area contributed by atoms with Crippen LogP contribution in [-0.4, -0.2) is 56.1 Å². The average Bonchev–Trinajstić information content (AvgIpc) is 3.27. The summed E-state index contributed by atoms with van der Waals surface area (Å²) in [7, 11) is 1.59. The van der Waals surface area contributed by atoms with E-state index in [0.717, 1.165) is 24.2 Å². The number of nitrogens with two attached hydrogens (primary N) is 2. The zero-order chi connectivity index (χ0) is 24.6. The summed E-state index contributed by atoms with van der Waals surface area (Å²) in [4.78, 5) is 31.9. The number of nitrogen functional groups attached to an aromatic ring is 1. The van der Waals surface area contributed by atoms with Gasteiger partial charge in [0.05, 0.1) is 30.5 Å². The van der Waals surface area contributed by atoms with Crippen molar-refractivity contribution in [1.82, 2.24) is 29.8 Å². The number of fused-ring (bicyclic) bond motifs is 1. The Morgan fingerprint density at radius 1 is 1.23 bits per heavy atom. The van der Waals surface area contributed by atoms with Crippen LogP contribution in [0.1, 0.15) is 18.4 Å². The molecule has 0 aliphatic carbocycles. The number of carbonyl (C=O) groups is 1. The number of piperidine rings is 1. The van der Waals surface area contributed by atoms with Gasteiger partial charge in [-0.25, -0.2) is 19.3 Å². The molecule has 3 aromatic heterocycles. The van der Waals surface area contributed by atoms with Crippen molar-refractivity contribution in [2.24, 2.45) is 5.73 Å². The zero-order valence-electron chi connectivity index (χ0n) is 19.3. The molecule has 1 unspecified atom stereocenters. The molecule has 35 heavy (non-hydrogen) atoms. The number of aromatic nitrogens is 5. The first-order valence-corrected chi connectivity index (χ1v) is 11.3. The molecule has 0 radical (unpaired) electrons. The van der Waals surface area contributed by atoms with Gasteiger partial charge in [0.1, 0.15) is 23.2 Å². The lowest BCUT2D eigenvalue weighted by Gasteiger charge is -2.40. The number of halogens is 1. The molecule has 10 nitrogen and oxygen atoms in total. The van der Waals surface area contributed by atoms with Crippen molar-refractivity contribution in [3.8, 4) is 11.3 Å². The van der Waals surface area contributed by atoms with Gasteiger partial charge in [0.25, 0.3) is 0 Å². The Labute approximate surface area is 201 Å². The predicted molar refractivity (Wildman–Crippen MR) is 131 cm³/mol. The Kier molecular flexibility index (Phi) is 5.77. The summed E-state index contributed by atoms with van der Waals surface area (Å²) < 4.78 is 15.8. The standard InChI is InChI=1S/C24H26FN9O/c1-28-23(35)24(27)6-3-7-33(12-24)19-10-29-18(15-4-2-5-17(25)8-15)9-16(19)11-34-14-32-20-21(26)30-13-31-22(20)34/h2,4-5,8-10,13-14H,3,6-7,11-12,27H2,1H3,(H,28,35)(H2,26,30,31). The predicted octanol–water partition coefficient (Wildman–Crippen LogP) is 1.70. The molecule has 1 saturated heterocycles. The molecule has 1 aliphatic rings. The number of hydrogen-bond donors (Lipinski definition) is 3. The van der Waals surface area contributed by atoms with Gasteiger partial charge in [-0.3, -0.25) is 9.78 Å². The molecule has 180 valence electrons. The number of amides is 1. The summed E-state index contributed by atoms with van der Waals surface area (Å²) in [5, 5.41) is 2.68. The van der Waals surface area contributed by atoms with E-state index in [0.29, 0.717) is 47.7 Å². The van der Waals surface area contributed by atoms with E-state index >= 15 is 0 Å². The maximum atomic E-state index is 13.9. The fourth-order valence-corrected chi connectivity index (χ4v) is 4.63.